The third-order valence-corrected chi connectivity index (χ3v) is 3.14. The molecule has 1 saturated carbocycles. The Morgan fingerprint density at radius 2 is 2.18 bits per heavy atom. The van der Waals surface area contributed by atoms with Crippen molar-refractivity contribution in [3.05, 3.63) is 29.8 Å². The molecule has 1 fully saturated rings. The second kappa shape index (κ2) is 4.88. The smallest absolute Gasteiger partial charge is 0.227 e. The number of carbonyl (C=O) groups excluding carboxylic acids is 1. The van der Waals surface area contributed by atoms with Crippen LogP contribution in [0.4, 0.5) is 5.69 Å². The van der Waals surface area contributed by atoms with Crippen molar-refractivity contribution >= 4 is 11.6 Å². The zero-order valence-electron chi connectivity index (χ0n) is 10.7. The van der Waals surface area contributed by atoms with Crippen molar-refractivity contribution in [1.82, 2.24) is 4.90 Å². The van der Waals surface area contributed by atoms with E-state index in [0.29, 0.717) is 5.92 Å². The van der Waals surface area contributed by atoms with Crippen molar-refractivity contribution in [3.63, 3.8) is 0 Å². The Morgan fingerprint density at radius 3 is 2.76 bits per heavy atom. The molecule has 2 rings (SSSR count). The van der Waals surface area contributed by atoms with Gasteiger partial charge in [0.2, 0.25) is 5.91 Å². The monoisotopic (exact) mass is 232 g/mol. The Balaban J connectivity index is 1.98. The number of anilines is 1. The lowest BCUT2D eigenvalue weighted by atomic mass is 10.2. The first-order valence-corrected chi connectivity index (χ1v) is 6.11. The zero-order valence-corrected chi connectivity index (χ0v) is 10.7. The van der Waals surface area contributed by atoms with Crippen LogP contribution in [0.15, 0.2) is 24.3 Å². The lowest BCUT2D eigenvalue weighted by Gasteiger charge is -2.11. The van der Waals surface area contributed by atoms with Crippen molar-refractivity contribution in [2.24, 2.45) is 11.8 Å². The summed E-state index contributed by atoms with van der Waals surface area (Å²) < 4.78 is 0. The normalized spacial score (nSPS) is 22.6. The Labute approximate surface area is 103 Å². The van der Waals surface area contributed by atoms with Gasteiger partial charge in [0.05, 0.1) is 0 Å². The van der Waals surface area contributed by atoms with E-state index in [2.05, 4.69) is 23.2 Å². The van der Waals surface area contributed by atoms with Crippen LogP contribution < -0.4 is 5.32 Å². The molecule has 0 radical (unpaired) electrons. The van der Waals surface area contributed by atoms with Crippen LogP contribution in [0.5, 0.6) is 0 Å². The van der Waals surface area contributed by atoms with Crippen LogP contribution >= 0.6 is 0 Å². The standard InChI is InChI=1S/C14H20N2O/c1-10-7-13(10)14(17)15-12-6-4-5-11(8-12)9-16(2)3/h4-6,8,10,13H,7,9H2,1-3H3,(H,15,17). The van der Waals surface area contributed by atoms with Crippen LogP contribution in [0.3, 0.4) is 0 Å². The molecule has 0 heterocycles. The van der Waals surface area contributed by atoms with Crippen molar-refractivity contribution < 1.29 is 4.79 Å². The van der Waals surface area contributed by atoms with Gasteiger partial charge in [-0.2, -0.15) is 0 Å². The Kier molecular flexibility index (Phi) is 3.48. The number of nitrogens with zero attached hydrogens (tertiary/aromatic N) is 1. The summed E-state index contributed by atoms with van der Waals surface area (Å²) in [5, 5.41) is 2.99. The number of nitrogens with one attached hydrogen (secondary N) is 1. The van der Waals surface area contributed by atoms with Crippen molar-refractivity contribution in [1.29, 1.82) is 0 Å². The molecule has 2 unspecified atom stereocenters. The molecular weight excluding hydrogens is 212 g/mol. The number of carbonyl (C=O) groups is 1. The molecule has 3 nitrogen and oxygen atoms in total. The van der Waals surface area contributed by atoms with E-state index in [1.54, 1.807) is 0 Å². The molecule has 2 atom stereocenters. The first-order valence-electron chi connectivity index (χ1n) is 6.11. The lowest BCUT2D eigenvalue weighted by molar-refractivity contribution is -0.117. The van der Waals surface area contributed by atoms with E-state index in [1.807, 2.05) is 32.3 Å². The zero-order chi connectivity index (χ0) is 12.4. The van der Waals surface area contributed by atoms with Gasteiger partial charge in [0.15, 0.2) is 0 Å². The SMILES string of the molecule is CC1CC1C(=O)Nc1cccc(CN(C)C)c1. The van der Waals surface area contributed by atoms with Crippen molar-refractivity contribution in [3.8, 4) is 0 Å². The summed E-state index contributed by atoms with van der Waals surface area (Å²) in [6, 6.07) is 8.06. The summed E-state index contributed by atoms with van der Waals surface area (Å²) in [5.41, 5.74) is 2.13. The van der Waals surface area contributed by atoms with Gasteiger partial charge >= 0.3 is 0 Å². The predicted molar refractivity (Wildman–Crippen MR) is 69.7 cm³/mol. The number of benzene rings is 1. The molecule has 0 aromatic heterocycles. The van der Waals surface area contributed by atoms with E-state index in [4.69, 9.17) is 0 Å². The van der Waals surface area contributed by atoms with Gasteiger partial charge in [0, 0.05) is 18.2 Å². The molecule has 1 amide bonds. The Hall–Kier alpha value is -1.35. The molecule has 3 heteroatoms. The summed E-state index contributed by atoms with van der Waals surface area (Å²) in [5.74, 6) is 0.951. The highest BCUT2D eigenvalue weighted by atomic mass is 16.2. The lowest BCUT2D eigenvalue weighted by Crippen LogP contribution is -2.15. The van der Waals surface area contributed by atoms with Crippen LogP contribution in [-0.4, -0.2) is 24.9 Å². The molecule has 1 aliphatic carbocycles. The number of amides is 1. The molecule has 0 aliphatic heterocycles. The van der Waals surface area contributed by atoms with Crippen molar-refractivity contribution in [2.75, 3.05) is 19.4 Å². The maximum Gasteiger partial charge on any atom is 0.227 e. The third-order valence-electron chi connectivity index (χ3n) is 3.14. The van der Waals surface area contributed by atoms with Gasteiger partial charge in [-0.15, -0.1) is 0 Å². The summed E-state index contributed by atoms with van der Waals surface area (Å²) in [4.78, 5) is 13.9. The minimum absolute atomic E-state index is 0.166. The molecule has 1 aromatic rings. The van der Waals surface area contributed by atoms with Gasteiger partial charge in [-0.25, -0.2) is 0 Å². The third kappa shape index (κ3) is 3.30. The molecule has 1 aliphatic rings. The second-order valence-corrected chi connectivity index (χ2v) is 5.25. The molecule has 1 aromatic carbocycles. The topological polar surface area (TPSA) is 32.3 Å². The van der Waals surface area contributed by atoms with Gasteiger partial charge in [-0.1, -0.05) is 19.1 Å². The van der Waals surface area contributed by atoms with Crippen molar-refractivity contribution in [2.45, 2.75) is 19.9 Å². The van der Waals surface area contributed by atoms with Gasteiger partial charge in [-0.05, 0) is 44.1 Å². The van der Waals surface area contributed by atoms with E-state index < -0.39 is 0 Å². The maximum atomic E-state index is 11.8. The van der Waals surface area contributed by atoms with E-state index in [9.17, 15) is 4.79 Å². The number of rotatable bonds is 4. The molecule has 0 spiro atoms. The van der Waals surface area contributed by atoms with Gasteiger partial charge in [0.1, 0.15) is 0 Å². The largest absolute Gasteiger partial charge is 0.326 e. The summed E-state index contributed by atoms with van der Waals surface area (Å²) in [6.45, 7) is 3.01. The number of hydrogen-bond acceptors (Lipinski definition) is 2. The van der Waals surface area contributed by atoms with E-state index in [1.165, 1.54) is 5.56 Å². The first-order chi connectivity index (χ1) is 8.06. The molecule has 92 valence electrons. The summed E-state index contributed by atoms with van der Waals surface area (Å²) in [7, 11) is 4.08. The first kappa shape index (κ1) is 12.1. The average molecular weight is 232 g/mol. The maximum absolute atomic E-state index is 11.8. The van der Waals surface area contributed by atoms with Crippen LogP contribution in [0.25, 0.3) is 0 Å². The van der Waals surface area contributed by atoms with Crippen LogP contribution in [-0.2, 0) is 11.3 Å². The summed E-state index contributed by atoms with van der Waals surface area (Å²) in [6.07, 6.45) is 1.03. The fourth-order valence-corrected chi connectivity index (χ4v) is 2.03. The van der Waals surface area contributed by atoms with Gasteiger partial charge in [-0.3, -0.25) is 4.79 Å². The predicted octanol–water partition coefficient (Wildman–Crippen LogP) is 2.34. The highest BCUT2D eigenvalue weighted by molar-refractivity contribution is 5.94. The minimum Gasteiger partial charge on any atom is -0.326 e. The van der Waals surface area contributed by atoms with E-state index in [-0.39, 0.29) is 11.8 Å². The molecule has 0 bridgehead atoms. The van der Waals surface area contributed by atoms with Crippen LogP contribution in [0.2, 0.25) is 0 Å². The number of hydrogen-bond donors (Lipinski definition) is 1. The van der Waals surface area contributed by atoms with Crippen LogP contribution in [0.1, 0.15) is 18.9 Å². The second-order valence-electron chi connectivity index (χ2n) is 5.25. The molecule has 0 saturated heterocycles. The fraction of sp³-hybridized carbons (Fsp3) is 0.500. The minimum atomic E-state index is 0.166. The average Bonchev–Trinajstić information content (AvgIpc) is 2.95. The van der Waals surface area contributed by atoms with E-state index in [0.717, 1.165) is 18.7 Å². The molecular formula is C14H20N2O. The Morgan fingerprint density at radius 1 is 1.47 bits per heavy atom. The molecule has 17 heavy (non-hydrogen) atoms. The molecule has 1 N–H and O–H groups in total. The highest BCUT2D eigenvalue weighted by Gasteiger charge is 2.38. The van der Waals surface area contributed by atoms with Gasteiger partial charge < -0.3 is 10.2 Å². The highest BCUT2D eigenvalue weighted by Crippen LogP contribution is 2.38. The Bertz CT molecular complexity index is 414. The quantitative estimate of drug-likeness (QED) is 0.864. The van der Waals surface area contributed by atoms with Crippen LogP contribution in [0, 0.1) is 11.8 Å². The van der Waals surface area contributed by atoms with Gasteiger partial charge in [0.25, 0.3) is 0 Å². The summed E-state index contributed by atoms with van der Waals surface area (Å²) >= 11 is 0. The fourth-order valence-electron chi connectivity index (χ4n) is 2.03. The van der Waals surface area contributed by atoms with E-state index >= 15 is 0 Å².